The van der Waals surface area contributed by atoms with Crippen LogP contribution in [-0.4, -0.2) is 19.6 Å². The van der Waals surface area contributed by atoms with Crippen LogP contribution in [0.15, 0.2) is 18.2 Å². The van der Waals surface area contributed by atoms with E-state index in [1.165, 1.54) is 25.3 Å². The van der Waals surface area contributed by atoms with Gasteiger partial charge in [-0.15, -0.1) is 0 Å². The fourth-order valence-electron chi connectivity index (χ4n) is 1.83. The minimum Gasteiger partial charge on any atom is -0.496 e. The Morgan fingerprint density at radius 3 is 2.89 bits per heavy atom. The summed E-state index contributed by atoms with van der Waals surface area (Å²) >= 11 is 0. The Labute approximate surface area is 112 Å². The summed E-state index contributed by atoms with van der Waals surface area (Å²) in [5, 5.41) is 11.8. The molecule has 0 aliphatic rings. The number of methoxy groups -OCH3 is 1. The standard InChI is InChI=1S/C14H17FN2O2/c1-3-17-14(18)7-4-10(9-16)12-8-11(15)5-6-13(12)19-2/h5-6,8,10H,3-4,7H2,1-2H3,(H,17,18). The molecule has 1 aromatic carbocycles. The van der Waals surface area contributed by atoms with Crippen LogP contribution >= 0.6 is 0 Å². The van der Waals surface area contributed by atoms with E-state index in [2.05, 4.69) is 11.4 Å². The Kier molecular flexibility index (Phi) is 5.80. The van der Waals surface area contributed by atoms with Crippen LogP contribution in [0.25, 0.3) is 0 Å². The molecule has 0 aliphatic heterocycles. The lowest BCUT2D eigenvalue weighted by molar-refractivity contribution is -0.121. The maximum atomic E-state index is 13.3. The molecule has 0 aromatic heterocycles. The first-order chi connectivity index (χ1) is 9.12. The van der Waals surface area contributed by atoms with Gasteiger partial charge in [0, 0.05) is 18.5 Å². The van der Waals surface area contributed by atoms with Crippen molar-refractivity contribution in [2.24, 2.45) is 0 Å². The second kappa shape index (κ2) is 7.37. The molecule has 4 nitrogen and oxygen atoms in total. The summed E-state index contributed by atoms with van der Waals surface area (Å²) in [6.07, 6.45) is 0.563. The summed E-state index contributed by atoms with van der Waals surface area (Å²) in [6, 6.07) is 6.14. The van der Waals surface area contributed by atoms with Crippen molar-refractivity contribution in [2.75, 3.05) is 13.7 Å². The molecule has 0 saturated heterocycles. The number of hydrogen-bond acceptors (Lipinski definition) is 3. The number of nitrogens with one attached hydrogen (secondary N) is 1. The molecule has 1 rings (SSSR count). The highest BCUT2D eigenvalue weighted by Crippen LogP contribution is 2.30. The van der Waals surface area contributed by atoms with Gasteiger partial charge in [-0.05, 0) is 31.5 Å². The van der Waals surface area contributed by atoms with Crippen molar-refractivity contribution in [3.63, 3.8) is 0 Å². The van der Waals surface area contributed by atoms with Crippen LogP contribution in [0.1, 0.15) is 31.2 Å². The molecule has 0 bridgehead atoms. The maximum absolute atomic E-state index is 13.3. The van der Waals surface area contributed by atoms with E-state index in [1.54, 1.807) is 0 Å². The number of carbonyl (C=O) groups is 1. The first kappa shape index (κ1) is 15.0. The number of halogens is 1. The van der Waals surface area contributed by atoms with E-state index in [9.17, 15) is 14.4 Å². The van der Waals surface area contributed by atoms with E-state index < -0.39 is 11.7 Å². The number of nitrogens with zero attached hydrogens (tertiary/aromatic N) is 1. The quantitative estimate of drug-likeness (QED) is 0.858. The van der Waals surface area contributed by atoms with Gasteiger partial charge in [-0.2, -0.15) is 5.26 Å². The van der Waals surface area contributed by atoms with Crippen LogP contribution < -0.4 is 10.1 Å². The van der Waals surface area contributed by atoms with Gasteiger partial charge in [0.1, 0.15) is 11.6 Å². The lowest BCUT2D eigenvalue weighted by Gasteiger charge is -2.13. The lowest BCUT2D eigenvalue weighted by Crippen LogP contribution is -2.22. The van der Waals surface area contributed by atoms with Crippen LogP contribution in [0.4, 0.5) is 4.39 Å². The highest BCUT2D eigenvalue weighted by Gasteiger charge is 2.17. The zero-order chi connectivity index (χ0) is 14.3. The number of nitriles is 1. The fourth-order valence-corrected chi connectivity index (χ4v) is 1.83. The van der Waals surface area contributed by atoms with Crippen LogP contribution in [-0.2, 0) is 4.79 Å². The van der Waals surface area contributed by atoms with Gasteiger partial charge < -0.3 is 10.1 Å². The molecule has 1 aromatic rings. The van der Waals surface area contributed by atoms with Gasteiger partial charge >= 0.3 is 0 Å². The van der Waals surface area contributed by atoms with Gasteiger partial charge in [0.25, 0.3) is 0 Å². The molecule has 0 heterocycles. The first-order valence-electron chi connectivity index (χ1n) is 6.12. The molecule has 0 aliphatic carbocycles. The number of carbonyl (C=O) groups excluding carboxylic acids is 1. The van der Waals surface area contributed by atoms with Gasteiger partial charge in [0.2, 0.25) is 5.91 Å². The van der Waals surface area contributed by atoms with Gasteiger partial charge in [0.05, 0.1) is 19.1 Å². The number of benzene rings is 1. The monoisotopic (exact) mass is 264 g/mol. The Bertz CT molecular complexity index is 483. The molecule has 1 unspecified atom stereocenters. The van der Waals surface area contributed by atoms with E-state index in [4.69, 9.17) is 4.74 Å². The van der Waals surface area contributed by atoms with Gasteiger partial charge in [0.15, 0.2) is 0 Å². The van der Waals surface area contributed by atoms with Gasteiger partial charge in [-0.1, -0.05) is 0 Å². The molecule has 1 atom stereocenters. The van der Waals surface area contributed by atoms with Crippen LogP contribution in [0, 0.1) is 17.1 Å². The number of hydrogen-bond donors (Lipinski definition) is 1. The lowest BCUT2D eigenvalue weighted by atomic mass is 9.94. The second-order valence-electron chi connectivity index (χ2n) is 4.06. The van der Waals surface area contributed by atoms with Crippen molar-refractivity contribution in [2.45, 2.75) is 25.7 Å². The van der Waals surface area contributed by atoms with E-state index >= 15 is 0 Å². The van der Waals surface area contributed by atoms with Gasteiger partial charge in [-0.25, -0.2) is 4.39 Å². The Morgan fingerprint density at radius 2 is 2.32 bits per heavy atom. The number of ether oxygens (including phenoxy) is 1. The van der Waals surface area contributed by atoms with E-state index in [-0.39, 0.29) is 12.3 Å². The van der Waals surface area contributed by atoms with Crippen molar-refractivity contribution in [1.82, 2.24) is 5.32 Å². The average Bonchev–Trinajstić information content (AvgIpc) is 2.40. The third kappa shape index (κ3) is 4.25. The normalized spacial score (nSPS) is 11.5. The summed E-state index contributed by atoms with van der Waals surface area (Å²) in [6.45, 7) is 2.38. The zero-order valence-corrected chi connectivity index (χ0v) is 11.1. The molecule has 0 fully saturated rings. The number of amides is 1. The molecular formula is C14H17FN2O2. The Hall–Kier alpha value is -2.09. The van der Waals surface area contributed by atoms with Crippen LogP contribution in [0.3, 0.4) is 0 Å². The van der Waals surface area contributed by atoms with Crippen molar-refractivity contribution in [3.8, 4) is 11.8 Å². The molecule has 0 saturated carbocycles. The third-order valence-electron chi connectivity index (χ3n) is 2.76. The molecule has 102 valence electrons. The molecule has 1 amide bonds. The molecule has 5 heteroatoms. The average molecular weight is 264 g/mol. The second-order valence-corrected chi connectivity index (χ2v) is 4.06. The topological polar surface area (TPSA) is 62.1 Å². The molecule has 19 heavy (non-hydrogen) atoms. The van der Waals surface area contributed by atoms with Crippen LogP contribution in [0.2, 0.25) is 0 Å². The van der Waals surface area contributed by atoms with Crippen molar-refractivity contribution >= 4 is 5.91 Å². The minimum atomic E-state index is -0.562. The fraction of sp³-hybridized carbons (Fsp3) is 0.429. The number of rotatable bonds is 6. The summed E-state index contributed by atoms with van der Waals surface area (Å²) in [5.74, 6) is -0.635. The summed E-state index contributed by atoms with van der Waals surface area (Å²) in [5.41, 5.74) is 0.481. The minimum absolute atomic E-state index is 0.113. The van der Waals surface area contributed by atoms with Crippen molar-refractivity contribution in [1.29, 1.82) is 5.26 Å². The predicted octanol–water partition coefficient (Wildman–Crippen LogP) is 2.36. The maximum Gasteiger partial charge on any atom is 0.220 e. The van der Waals surface area contributed by atoms with Crippen molar-refractivity contribution in [3.05, 3.63) is 29.6 Å². The third-order valence-corrected chi connectivity index (χ3v) is 2.76. The highest BCUT2D eigenvalue weighted by atomic mass is 19.1. The predicted molar refractivity (Wildman–Crippen MR) is 69.2 cm³/mol. The molecule has 0 spiro atoms. The molecule has 1 N–H and O–H groups in total. The zero-order valence-electron chi connectivity index (χ0n) is 11.1. The summed E-state index contributed by atoms with van der Waals surface area (Å²) in [7, 11) is 1.47. The smallest absolute Gasteiger partial charge is 0.220 e. The first-order valence-corrected chi connectivity index (χ1v) is 6.12. The van der Waals surface area contributed by atoms with Gasteiger partial charge in [-0.3, -0.25) is 4.79 Å². The molecular weight excluding hydrogens is 247 g/mol. The Morgan fingerprint density at radius 1 is 1.58 bits per heavy atom. The van der Waals surface area contributed by atoms with Crippen LogP contribution in [0.5, 0.6) is 5.75 Å². The summed E-state index contributed by atoms with van der Waals surface area (Å²) in [4.78, 5) is 11.4. The Balaban J connectivity index is 2.83. The van der Waals surface area contributed by atoms with E-state index in [1.807, 2.05) is 6.92 Å². The molecule has 0 radical (unpaired) electrons. The highest BCUT2D eigenvalue weighted by molar-refractivity contribution is 5.75. The SMILES string of the molecule is CCNC(=O)CCC(C#N)c1cc(F)ccc1OC. The van der Waals surface area contributed by atoms with E-state index in [0.717, 1.165) is 0 Å². The largest absolute Gasteiger partial charge is 0.496 e. The summed E-state index contributed by atoms with van der Waals surface area (Å²) < 4.78 is 18.4. The van der Waals surface area contributed by atoms with E-state index in [0.29, 0.717) is 24.3 Å². The van der Waals surface area contributed by atoms with Crippen molar-refractivity contribution < 1.29 is 13.9 Å².